The smallest absolute Gasteiger partial charge is 0.251 e. The minimum atomic E-state index is -0.224. The zero-order valence-electron chi connectivity index (χ0n) is 15.7. The van der Waals surface area contributed by atoms with Gasteiger partial charge < -0.3 is 20.2 Å². The van der Waals surface area contributed by atoms with Crippen LogP contribution < -0.4 is 10.2 Å². The van der Waals surface area contributed by atoms with E-state index in [9.17, 15) is 14.7 Å². The third-order valence-electron chi connectivity index (χ3n) is 4.73. The van der Waals surface area contributed by atoms with Crippen LogP contribution in [0.2, 0.25) is 0 Å². The molecule has 27 heavy (non-hydrogen) atoms. The molecule has 1 aliphatic heterocycles. The van der Waals surface area contributed by atoms with Gasteiger partial charge in [0.1, 0.15) is 5.75 Å². The van der Waals surface area contributed by atoms with Gasteiger partial charge in [0, 0.05) is 37.4 Å². The standard InChI is InChI=1S/C21H25N3O3/c1-15-11-16(2)13-17(12-15)21(27)22-14-20(26)24-9-7-23(8-10-24)18-3-5-19(25)6-4-18/h3-6,11-13,25H,7-10,14H2,1-2H3,(H,22,27). The summed E-state index contributed by atoms with van der Waals surface area (Å²) in [5, 5.41) is 12.1. The summed E-state index contributed by atoms with van der Waals surface area (Å²) in [6.45, 7) is 6.57. The summed E-state index contributed by atoms with van der Waals surface area (Å²) in [6.07, 6.45) is 0. The van der Waals surface area contributed by atoms with Crippen LogP contribution in [0.1, 0.15) is 21.5 Å². The molecule has 1 saturated heterocycles. The quantitative estimate of drug-likeness (QED) is 0.868. The second-order valence-electron chi connectivity index (χ2n) is 6.94. The Balaban J connectivity index is 1.49. The number of nitrogens with zero attached hydrogens (tertiary/aromatic N) is 2. The van der Waals surface area contributed by atoms with Crippen LogP contribution in [0.4, 0.5) is 5.69 Å². The first-order valence-electron chi connectivity index (χ1n) is 9.10. The monoisotopic (exact) mass is 367 g/mol. The lowest BCUT2D eigenvalue weighted by Gasteiger charge is -2.36. The molecule has 2 amide bonds. The van der Waals surface area contributed by atoms with Crippen LogP contribution in [0.25, 0.3) is 0 Å². The van der Waals surface area contributed by atoms with E-state index in [2.05, 4.69) is 10.2 Å². The van der Waals surface area contributed by atoms with E-state index in [0.717, 1.165) is 29.9 Å². The number of nitrogens with one attached hydrogen (secondary N) is 1. The summed E-state index contributed by atoms with van der Waals surface area (Å²) in [7, 11) is 0. The Morgan fingerprint density at radius 2 is 1.56 bits per heavy atom. The van der Waals surface area contributed by atoms with Gasteiger partial charge in [-0.3, -0.25) is 9.59 Å². The highest BCUT2D eigenvalue weighted by Gasteiger charge is 2.21. The van der Waals surface area contributed by atoms with E-state index in [4.69, 9.17) is 0 Å². The summed E-state index contributed by atoms with van der Waals surface area (Å²) in [5.74, 6) is -0.0527. The predicted octanol–water partition coefficient (Wildman–Crippen LogP) is 2.09. The summed E-state index contributed by atoms with van der Waals surface area (Å²) in [6, 6.07) is 12.7. The summed E-state index contributed by atoms with van der Waals surface area (Å²) in [4.78, 5) is 28.7. The molecular formula is C21H25N3O3. The molecule has 0 atom stereocenters. The van der Waals surface area contributed by atoms with Crippen molar-refractivity contribution in [1.82, 2.24) is 10.2 Å². The van der Waals surface area contributed by atoms with Crippen molar-refractivity contribution < 1.29 is 14.7 Å². The van der Waals surface area contributed by atoms with Crippen molar-refractivity contribution in [2.75, 3.05) is 37.6 Å². The number of amides is 2. The van der Waals surface area contributed by atoms with Crippen LogP contribution in [-0.2, 0) is 4.79 Å². The molecule has 0 bridgehead atoms. The number of phenolic OH excluding ortho intramolecular Hbond substituents is 1. The number of hydrogen-bond donors (Lipinski definition) is 2. The van der Waals surface area contributed by atoms with Gasteiger partial charge in [0.25, 0.3) is 5.91 Å². The minimum absolute atomic E-state index is 0.00499. The zero-order chi connectivity index (χ0) is 19.4. The SMILES string of the molecule is Cc1cc(C)cc(C(=O)NCC(=O)N2CCN(c3ccc(O)cc3)CC2)c1. The lowest BCUT2D eigenvalue weighted by atomic mass is 10.1. The maximum absolute atomic E-state index is 12.4. The maximum atomic E-state index is 12.4. The first-order chi connectivity index (χ1) is 12.9. The van der Waals surface area contributed by atoms with Crippen LogP contribution in [0, 0.1) is 13.8 Å². The molecule has 1 aliphatic rings. The molecule has 0 radical (unpaired) electrons. The number of aryl methyl sites for hydroxylation is 2. The van der Waals surface area contributed by atoms with Crippen molar-refractivity contribution in [3.63, 3.8) is 0 Å². The number of carbonyl (C=O) groups excluding carboxylic acids is 2. The lowest BCUT2D eigenvalue weighted by Crippen LogP contribution is -2.51. The topological polar surface area (TPSA) is 72.9 Å². The number of carbonyl (C=O) groups is 2. The van der Waals surface area contributed by atoms with Gasteiger partial charge in [-0.1, -0.05) is 17.2 Å². The van der Waals surface area contributed by atoms with E-state index in [-0.39, 0.29) is 24.1 Å². The molecule has 0 aliphatic carbocycles. The van der Waals surface area contributed by atoms with Crippen LogP contribution in [-0.4, -0.2) is 54.5 Å². The first kappa shape index (κ1) is 18.8. The minimum Gasteiger partial charge on any atom is -0.508 e. The molecule has 1 heterocycles. The molecule has 2 aromatic rings. The number of piperazine rings is 1. The van der Waals surface area contributed by atoms with Gasteiger partial charge in [0.15, 0.2) is 0 Å². The molecule has 0 spiro atoms. The molecule has 2 aromatic carbocycles. The molecule has 3 rings (SSSR count). The Hall–Kier alpha value is -3.02. The molecular weight excluding hydrogens is 342 g/mol. The van der Waals surface area contributed by atoms with Gasteiger partial charge >= 0.3 is 0 Å². The number of aromatic hydroxyl groups is 1. The van der Waals surface area contributed by atoms with Crippen LogP contribution >= 0.6 is 0 Å². The number of benzene rings is 2. The molecule has 6 heteroatoms. The summed E-state index contributed by atoms with van der Waals surface area (Å²) >= 11 is 0. The van der Waals surface area contributed by atoms with Gasteiger partial charge in [-0.2, -0.15) is 0 Å². The average Bonchev–Trinajstić information content (AvgIpc) is 2.66. The van der Waals surface area contributed by atoms with Crippen LogP contribution in [0.15, 0.2) is 42.5 Å². The van der Waals surface area contributed by atoms with E-state index >= 15 is 0 Å². The molecule has 142 valence electrons. The summed E-state index contributed by atoms with van der Waals surface area (Å²) in [5.41, 5.74) is 3.66. The van der Waals surface area contributed by atoms with E-state index < -0.39 is 0 Å². The van der Waals surface area contributed by atoms with E-state index in [1.54, 1.807) is 17.0 Å². The fourth-order valence-corrected chi connectivity index (χ4v) is 3.35. The molecule has 0 unspecified atom stereocenters. The normalized spacial score (nSPS) is 14.1. The maximum Gasteiger partial charge on any atom is 0.251 e. The third kappa shape index (κ3) is 4.78. The van der Waals surface area contributed by atoms with Crippen molar-refractivity contribution in [3.05, 3.63) is 59.2 Å². The molecule has 2 N–H and O–H groups in total. The highest BCUT2D eigenvalue weighted by molar-refractivity contribution is 5.96. The molecule has 6 nitrogen and oxygen atoms in total. The van der Waals surface area contributed by atoms with E-state index in [0.29, 0.717) is 18.7 Å². The fraction of sp³-hybridized carbons (Fsp3) is 0.333. The summed E-state index contributed by atoms with van der Waals surface area (Å²) < 4.78 is 0. The van der Waals surface area contributed by atoms with Gasteiger partial charge in [-0.15, -0.1) is 0 Å². The largest absolute Gasteiger partial charge is 0.508 e. The number of anilines is 1. The lowest BCUT2D eigenvalue weighted by molar-refractivity contribution is -0.130. The number of hydrogen-bond acceptors (Lipinski definition) is 4. The highest BCUT2D eigenvalue weighted by atomic mass is 16.3. The van der Waals surface area contributed by atoms with Crippen LogP contribution in [0.3, 0.4) is 0 Å². The van der Waals surface area contributed by atoms with Gasteiger partial charge in [-0.05, 0) is 50.2 Å². The van der Waals surface area contributed by atoms with Gasteiger partial charge in [-0.25, -0.2) is 0 Å². The van der Waals surface area contributed by atoms with Gasteiger partial charge in [0.05, 0.1) is 6.54 Å². The average molecular weight is 367 g/mol. The van der Waals surface area contributed by atoms with Crippen molar-refractivity contribution in [2.24, 2.45) is 0 Å². The Labute approximate surface area is 159 Å². The molecule has 0 aromatic heterocycles. The van der Waals surface area contributed by atoms with Crippen molar-refractivity contribution in [1.29, 1.82) is 0 Å². The van der Waals surface area contributed by atoms with Crippen molar-refractivity contribution in [3.8, 4) is 5.75 Å². The van der Waals surface area contributed by atoms with Crippen molar-refractivity contribution >= 4 is 17.5 Å². The predicted molar refractivity (Wildman–Crippen MR) is 105 cm³/mol. The molecule has 1 fully saturated rings. The second-order valence-corrected chi connectivity index (χ2v) is 6.94. The Morgan fingerprint density at radius 1 is 0.963 bits per heavy atom. The highest BCUT2D eigenvalue weighted by Crippen LogP contribution is 2.19. The Bertz CT molecular complexity index is 805. The fourth-order valence-electron chi connectivity index (χ4n) is 3.35. The first-order valence-corrected chi connectivity index (χ1v) is 9.10. The zero-order valence-corrected chi connectivity index (χ0v) is 15.7. The Morgan fingerprint density at radius 3 is 2.15 bits per heavy atom. The Kier molecular flexibility index (Phi) is 5.64. The van der Waals surface area contributed by atoms with E-state index in [1.165, 1.54) is 0 Å². The number of rotatable bonds is 4. The van der Waals surface area contributed by atoms with Crippen LogP contribution in [0.5, 0.6) is 5.75 Å². The van der Waals surface area contributed by atoms with E-state index in [1.807, 2.05) is 44.2 Å². The van der Waals surface area contributed by atoms with Crippen molar-refractivity contribution in [2.45, 2.75) is 13.8 Å². The third-order valence-corrected chi connectivity index (χ3v) is 4.73. The number of phenols is 1. The van der Waals surface area contributed by atoms with Gasteiger partial charge in [0.2, 0.25) is 5.91 Å². The molecule has 0 saturated carbocycles. The second kappa shape index (κ2) is 8.12.